The summed E-state index contributed by atoms with van der Waals surface area (Å²) in [7, 11) is 1.30. The smallest absolute Gasteiger partial charge is 0.340 e. The topological polar surface area (TPSA) is 102 Å². The highest BCUT2D eigenvalue weighted by atomic mass is 32.1. The third-order valence-corrected chi connectivity index (χ3v) is 4.69. The largest absolute Gasteiger partial charge is 0.465 e. The van der Waals surface area contributed by atoms with E-state index in [9.17, 15) is 14.4 Å². The van der Waals surface area contributed by atoms with Gasteiger partial charge in [-0.3, -0.25) is 9.59 Å². The summed E-state index contributed by atoms with van der Waals surface area (Å²) in [6.07, 6.45) is 1.87. The Balaban J connectivity index is 2.06. The lowest BCUT2D eigenvalue weighted by atomic mass is 10.1. The molecule has 2 heterocycles. The van der Waals surface area contributed by atoms with Crippen molar-refractivity contribution in [2.75, 3.05) is 18.6 Å². The van der Waals surface area contributed by atoms with E-state index in [2.05, 4.69) is 5.32 Å². The van der Waals surface area contributed by atoms with Crippen LogP contribution in [0, 0.1) is 0 Å². The molecule has 2 rings (SSSR count). The average Bonchev–Trinajstić information content (AvgIpc) is 3.14. The van der Waals surface area contributed by atoms with E-state index in [1.165, 1.54) is 23.3 Å². The second kappa shape index (κ2) is 7.56. The lowest BCUT2D eigenvalue weighted by Gasteiger charge is -2.18. The molecule has 0 radical (unpaired) electrons. The highest BCUT2D eigenvalue weighted by Crippen LogP contribution is 2.31. The van der Waals surface area contributed by atoms with Crippen molar-refractivity contribution < 1.29 is 19.1 Å². The van der Waals surface area contributed by atoms with Crippen LogP contribution in [0.25, 0.3) is 0 Å². The van der Waals surface area contributed by atoms with Crippen molar-refractivity contribution in [3.05, 3.63) is 17.0 Å². The van der Waals surface area contributed by atoms with Gasteiger partial charge in [-0.25, -0.2) is 4.79 Å². The van der Waals surface area contributed by atoms with Crippen LogP contribution in [0.4, 0.5) is 5.00 Å². The van der Waals surface area contributed by atoms with E-state index in [0.29, 0.717) is 30.0 Å². The fraction of sp³-hybridized carbons (Fsp3) is 0.533. The summed E-state index contributed by atoms with van der Waals surface area (Å²) in [6.45, 7) is 2.39. The van der Waals surface area contributed by atoms with E-state index in [1.807, 2.05) is 6.92 Å². The van der Waals surface area contributed by atoms with E-state index in [1.54, 1.807) is 11.4 Å². The van der Waals surface area contributed by atoms with Crippen LogP contribution in [-0.4, -0.2) is 43.5 Å². The van der Waals surface area contributed by atoms with Crippen LogP contribution in [0.1, 0.15) is 36.5 Å². The van der Waals surface area contributed by atoms with E-state index in [0.717, 1.165) is 6.42 Å². The van der Waals surface area contributed by atoms with Gasteiger partial charge in [-0.15, -0.1) is 11.3 Å². The summed E-state index contributed by atoms with van der Waals surface area (Å²) in [6, 6.07) is 0.426. The minimum atomic E-state index is -0.603. The fourth-order valence-electron chi connectivity index (χ4n) is 2.51. The van der Waals surface area contributed by atoms with Gasteiger partial charge in [0.2, 0.25) is 11.8 Å². The Hall–Kier alpha value is -1.93. The van der Waals surface area contributed by atoms with Crippen molar-refractivity contribution in [2.45, 2.75) is 38.3 Å². The molecule has 23 heavy (non-hydrogen) atoms. The molecule has 0 spiro atoms. The van der Waals surface area contributed by atoms with Crippen LogP contribution in [0.5, 0.6) is 0 Å². The molecule has 1 aromatic heterocycles. The number of esters is 1. The maximum absolute atomic E-state index is 12.5. The van der Waals surface area contributed by atoms with Gasteiger partial charge in [0.1, 0.15) is 11.0 Å². The number of nitrogens with one attached hydrogen (secondary N) is 1. The van der Waals surface area contributed by atoms with Gasteiger partial charge in [-0.2, -0.15) is 0 Å². The van der Waals surface area contributed by atoms with Crippen molar-refractivity contribution in [3.8, 4) is 0 Å². The molecule has 1 saturated heterocycles. The quantitative estimate of drug-likeness (QED) is 0.749. The summed E-state index contributed by atoms with van der Waals surface area (Å²) >= 11 is 1.30. The SMILES string of the molecule is CCCC(N)C(=O)NC1CCN(c2sccc2C(=O)OC)C1=O. The maximum atomic E-state index is 12.5. The summed E-state index contributed by atoms with van der Waals surface area (Å²) in [4.78, 5) is 37.7. The van der Waals surface area contributed by atoms with E-state index in [4.69, 9.17) is 10.5 Å². The molecule has 1 aromatic rings. The molecule has 0 aliphatic carbocycles. The molecule has 0 saturated carbocycles. The van der Waals surface area contributed by atoms with Crippen LogP contribution < -0.4 is 16.0 Å². The standard InChI is InChI=1S/C15H21N3O4S/c1-3-4-10(16)12(19)17-11-5-7-18(13(11)20)14-9(6-8-23-14)15(21)22-2/h6,8,10-11H,3-5,7,16H2,1-2H3,(H,17,19). The number of nitrogens with two attached hydrogens (primary N) is 1. The van der Waals surface area contributed by atoms with Crippen LogP contribution >= 0.6 is 11.3 Å². The molecule has 8 heteroatoms. The summed E-state index contributed by atoms with van der Waals surface area (Å²) in [5.74, 6) is -1.02. The third-order valence-electron chi connectivity index (χ3n) is 3.75. The number of amides is 2. The summed E-state index contributed by atoms with van der Waals surface area (Å²) in [5.41, 5.74) is 6.13. The van der Waals surface area contributed by atoms with Crippen molar-refractivity contribution in [1.82, 2.24) is 5.32 Å². The molecule has 1 aliphatic rings. The molecule has 0 aromatic carbocycles. The summed E-state index contributed by atoms with van der Waals surface area (Å²) < 4.78 is 4.72. The minimum absolute atomic E-state index is 0.227. The lowest BCUT2D eigenvalue weighted by Crippen LogP contribution is -2.48. The zero-order chi connectivity index (χ0) is 17.0. The van der Waals surface area contributed by atoms with E-state index < -0.39 is 18.1 Å². The van der Waals surface area contributed by atoms with Gasteiger partial charge in [-0.1, -0.05) is 13.3 Å². The van der Waals surface area contributed by atoms with Crippen LogP contribution in [-0.2, 0) is 14.3 Å². The Labute approximate surface area is 138 Å². The van der Waals surface area contributed by atoms with E-state index in [-0.39, 0.29) is 11.8 Å². The number of carbonyl (C=O) groups excluding carboxylic acids is 3. The number of nitrogens with zero attached hydrogens (tertiary/aromatic N) is 1. The molecular weight excluding hydrogens is 318 g/mol. The molecule has 2 unspecified atom stereocenters. The Kier molecular flexibility index (Phi) is 5.73. The van der Waals surface area contributed by atoms with Gasteiger partial charge in [0, 0.05) is 6.54 Å². The van der Waals surface area contributed by atoms with Crippen LogP contribution in [0.15, 0.2) is 11.4 Å². The van der Waals surface area contributed by atoms with Crippen LogP contribution in [0.2, 0.25) is 0 Å². The molecular formula is C15H21N3O4S. The van der Waals surface area contributed by atoms with Gasteiger partial charge in [-0.05, 0) is 24.3 Å². The normalized spacial score (nSPS) is 18.8. The van der Waals surface area contributed by atoms with Crippen LogP contribution in [0.3, 0.4) is 0 Å². The van der Waals surface area contributed by atoms with Gasteiger partial charge < -0.3 is 20.7 Å². The number of anilines is 1. The monoisotopic (exact) mass is 339 g/mol. The number of ether oxygens (including phenoxy) is 1. The number of methoxy groups -OCH3 is 1. The number of carbonyl (C=O) groups is 3. The predicted molar refractivity (Wildman–Crippen MR) is 87.4 cm³/mol. The molecule has 1 aliphatic heterocycles. The highest BCUT2D eigenvalue weighted by Gasteiger charge is 2.36. The first-order valence-electron chi connectivity index (χ1n) is 7.52. The zero-order valence-electron chi connectivity index (χ0n) is 13.2. The van der Waals surface area contributed by atoms with Crippen molar-refractivity contribution >= 4 is 34.1 Å². The number of hydrogen-bond donors (Lipinski definition) is 2. The van der Waals surface area contributed by atoms with Gasteiger partial charge in [0.25, 0.3) is 0 Å². The molecule has 7 nitrogen and oxygen atoms in total. The van der Waals surface area contributed by atoms with Gasteiger partial charge in [0.15, 0.2) is 0 Å². The predicted octanol–water partition coefficient (Wildman–Crippen LogP) is 0.884. The van der Waals surface area contributed by atoms with Crippen molar-refractivity contribution in [2.24, 2.45) is 5.73 Å². The first kappa shape index (κ1) is 17.4. The Morgan fingerprint density at radius 3 is 2.96 bits per heavy atom. The average molecular weight is 339 g/mol. The zero-order valence-corrected chi connectivity index (χ0v) is 14.0. The minimum Gasteiger partial charge on any atom is -0.465 e. The Morgan fingerprint density at radius 2 is 2.30 bits per heavy atom. The van der Waals surface area contributed by atoms with Crippen molar-refractivity contribution in [3.63, 3.8) is 0 Å². The molecule has 2 atom stereocenters. The number of thiophene rings is 1. The maximum Gasteiger partial charge on any atom is 0.340 e. The molecule has 0 bridgehead atoms. The third kappa shape index (κ3) is 3.70. The van der Waals surface area contributed by atoms with Gasteiger partial charge >= 0.3 is 5.97 Å². The molecule has 3 N–H and O–H groups in total. The summed E-state index contributed by atoms with van der Waals surface area (Å²) in [5, 5.41) is 4.99. The van der Waals surface area contributed by atoms with Crippen molar-refractivity contribution in [1.29, 1.82) is 0 Å². The second-order valence-electron chi connectivity index (χ2n) is 5.37. The first-order chi connectivity index (χ1) is 11.0. The fourth-order valence-corrected chi connectivity index (χ4v) is 3.43. The Bertz CT molecular complexity index is 601. The van der Waals surface area contributed by atoms with E-state index >= 15 is 0 Å². The number of rotatable bonds is 6. The molecule has 1 fully saturated rings. The number of hydrogen-bond acceptors (Lipinski definition) is 6. The molecule has 2 amide bonds. The lowest BCUT2D eigenvalue weighted by molar-refractivity contribution is -0.127. The molecule has 126 valence electrons. The first-order valence-corrected chi connectivity index (χ1v) is 8.40. The Morgan fingerprint density at radius 1 is 1.57 bits per heavy atom. The van der Waals surface area contributed by atoms with Gasteiger partial charge in [0.05, 0.1) is 18.7 Å². The second-order valence-corrected chi connectivity index (χ2v) is 6.26. The highest BCUT2D eigenvalue weighted by molar-refractivity contribution is 7.14.